The van der Waals surface area contributed by atoms with Crippen LogP contribution in [0.2, 0.25) is 5.02 Å². The van der Waals surface area contributed by atoms with Gasteiger partial charge in [-0.2, -0.15) is 0 Å². The van der Waals surface area contributed by atoms with E-state index in [0.29, 0.717) is 16.1 Å². The Bertz CT molecular complexity index is 777. The van der Waals surface area contributed by atoms with Crippen molar-refractivity contribution in [3.05, 3.63) is 59.1 Å². The van der Waals surface area contributed by atoms with Crippen molar-refractivity contribution in [1.29, 1.82) is 0 Å². The third-order valence-corrected chi connectivity index (χ3v) is 3.27. The largest absolute Gasteiger partial charge is 0.478 e. The van der Waals surface area contributed by atoms with Gasteiger partial charge in [-0.25, -0.2) is 4.79 Å². The molecule has 2 N–H and O–H groups in total. The second kappa shape index (κ2) is 4.44. The lowest BCUT2D eigenvalue weighted by Crippen LogP contribution is -1.97. The van der Waals surface area contributed by atoms with E-state index in [2.05, 4.69) is 4.98 Å². The first-order chi connectivity index (χ1) is 9.16. The minimum Gasteiger partial charge on any atom is -0.478 e. The van der Waals surface area contributed by atoms with Crippen molar-refractivity contribution in [3.63, 3.8) is 0 Å². The van der Waals surface area contributed by atoms with Crippen molar-refractivity contribution in [3.8, 4) is 11.3 Å². The van der Waals surface area contributed by atoms with E-state index in [1.54, 1.807) is 24.3 Å². The summed E-state index contributed by atoms with van der Waals surface area (Å²) in [6, 6.07) is 14.5. The number of aromatic amines is 1. The maximum atomic E-state index is 11.5. The van der Waals surface area contributed by atoms with Gasteiger partial charge in [0.15, 0.2) is 0 Å². The molecule has 0 fully saturated rings. The van der Waals surface area contributed by atoms with Crippen molar-refractivity contribution in [2.24, 2.45) is 0 Å². The monoisotopic (exact) mass is 271 g/mol. The van der Waals surface area contributed by atoms with Gasteiger partial charge in [-0.3, -0.25) is 0 Å². The van der Waals surface area contributed by atoms with E-state index in [-0.39, 0.29) is 5.56 Å². The summed E-state index contributed by atoms with van der Waals surface area (Å²) < 4.78 is 0. The van der Waals surface area contributed by atoms with E-state index < -0.39 is 5.97 Å². The lowest BCUT2D eigenvalue weighted by atomic mass is 10.1. The SMILES string of the molecule is O=C(O)c1c(-c2cccc(Cl)c2)[nH]c2ccccc12. The number of benzene rings is 2. The molecule has 3 nitrogen and oxygen atoms in total. The average Bonchev–Trinajstić information content (AvgIpc) is 2.78. The lowest BCUT2D eigenvalue weighted by Gasteiger charge is -2.01. The number of fused-ring (bicyclic) bond motifs is 1. The average molecular weight is 272 g/mol. The summed E-state index contributed by atoms with van der Waals surface area (Å²) in [5, 5.41) is 10.7. The molecule has 1 heterocycles. The Kier molecular flexibility index (Phi) is 2.76. The molecule has 0 aliphatic heterocycles. The van der Waals surface area contributed by atoms with Gasteiger partial charge >= 0.3 is 5.97 Å². The second-order valence-electron chi connectivity index (χ2n) is 4.24. The number of halogens is 1. The highest BCUT2D eigenvalue weighted by atomic mass is 35.5. The van der Waals surface area contributed by atoms with Crippen molar-refractivity contribution in [2.75, 3.05) is 0 Å². The highest BCUT2D eigenvalue weighted by Crippen LogP contribution is 2.31. The van der Waals surface area contributed by atoms with Gasteiger partial charge in [0.05, 0.1) is 11.3 Å². The van der Waals surface area contributed by atoms with Crippen LogP contribution >= 0.6 is 11.6 Å². The van der Waals surface area contributed by atoms with Gasteiger partial charge in [-0.1, -0.05) is 41.9 Å². The predicted molar refractivity (Wildman–Crippen MR) is 75.7 cm³/mol. The zero-order valence-corrected chi connectivity index (χ0v) is 10.6. The molecule has 0 saturated heterocycles. The van der Waals surface area contributed by atoms with Crippen LogP contribution in [0.3, 0.4) is 0 Å². The van der Waals surface area contributed by atoms with Gasteiger partial charge in [0.1, 0.15) is 0 Å². The number of aromatic nitrogens is 1. The number of nitrogens with one attached hydrogen (secondary N) is 1. The fraction of sp³-hybridized carbons (Fsp3) is 0. The van der Waals surface area contributed by atoms with Crippen LogP contribution in [0.15, 0.2) is 48.5 Å². The molecule has 19 heavy (non-hydrogen) atoms. The summed E-state index contributed by atoms with van der Waals surface area (Å²) in [7, 11) is 0. The maximum absolute atomic E-state index is 11.5. The van der Waals surface area contributed by atoms with Crippen LogP contribution in [0.4, 0.5) is 0 Å². The summed E-state index contributed by atoms with van der Waals surface area (Å²) in [6.45, 7) is 0. The van der Waals surface area contributed by atoms with E-state index in [4.69, 9.17) is 11.6 Å². The van der Waals surface area contributed by atoms with Crippen molar-refractivity contribution in [1.82, 2.24) is 4.98 Å². The summed E-state index contributed by atoms with van der Waals surface area (Å²) in [5.41, 5.74) is 2.42. The molecule has 1 aromatic heterocycles. The van der Waals surface area contributed by atoms with Gasteiger partial charge in [0, 0.05) is 21.5 Å². The van der Waals surface area contributed by atoms with Crippen molar-refractivity contribution < 1.29 is 9.90 Å². The Morgan fingerprint density at radius 2 is 1.89 bits per heavy atom. The minimum absolute atomic E-state index is 0.276. The zero-order valence-electron chi connectivity index (χ0n) is 9.85. The zero-order chi connectivity index (χ0) is 13.4. The molecule has 0 bridgehead atoms. The molecule has 0 saturated carbocycles. The first-order valence-corrected chi connectivity index (χ1v) is 6.14. The van der Waals surface area contributed by atoms with Gasteiger partial charge in [0.25, 0.3) is 0 Å². The highest BCUT2D eigenvalue weighted by molar-refractivity contribution is 6.30. The number of carbonyl (C=O) groups is 1. The molecule has 94 valence electrons. The normalized spacial score (nSPS) is 10.8. The summed E-state index contributed by atoms with van der Waals surface area (Å²) >= 11 is 5.96. The van der Waals surface area contributed by atoms with Gasteiger partial charge in [-0.15, -0.1) is 0 Å². The number of H-pyrrole nitrogens is 1. The summed E-state index contributed by atoms with van der Waals surface area (Å²) in [6.07, 6.45) is 0. The van der Waals surface area contributed by atoms with Crippen LogP contribution in [0.25, 0.3) is 22.2 Å². The molecule has 0 aliphatic rings. The van der Waals surface area contributed by atoms with E-state index in [0.717, 1.165) is 11.1 Å². The van der Waals surface area contributed by atoms with Crippen LogP contribution in [-0.2, 0) is 0 Å². The fourth-order valence-electron chi connectivity index (χ4n) is 2.22. The predicted octanol–water partition coefficient (Wildman–Crippen LogP) is 4.19. The van der Waals surface area contributed by atoms with E-state index in [1.165, 1.54) is 0 Å². The standard InChI is InChI=1S/C15H10ClNO2/c16-10-5-3-4-9(8-10)14-13(15(18)19)11-6-1-2-7-12(11)17-14/h1-8,17H,(H,18,19). The van der Waals surface area contributed by atoms with Crippen LogP contribution in [0, 0.1) is 0 Å². The Morgan fingerprint density at radius 3 is 2.63 bits per heavy atom. The van der Waals surface area contributed by atoms with Gasteiger partial charge < -0.3 is 10.1 Å². The van der Waals surface area contributed by atoms with E-state index in [1.807, 2.05) is 24.3 Å². The quantitative estimate of drug-likeness (QED) is 0.734. The molecule has 0 spiro atoms. The summed E-state index contributed by atoms with van der Waals surface area (Å²) in [4.78, 5) is 14.7. The molecule has 0 atom stereocenters. The van der Waals surface area contributed by atoms with Crippen LogP contribution in [0.1, 0.15) is 10.4 Å². The Labute approximate surface area is 114 Å². The Hall–Kier alpha value is -2.26. The molecule has 2 aromatic carbocycles. The number of rotatable bonds is 2. The van der Waals surface area contributed by atoms with Crippen molar-refractivity contribution in [2.45, 2.75) is 0 Å². The first kappa shape index (κ1) is 11.8. The highest BCUT2D eigenvalue weighted by Gasteiger charge is 2.18. The number of carboxylic acid groups (broad SMARTS) is 1. The molecular formula is C15H10ClNO2. The molecule has 0 radical (unpaired) electrons. The van der Waals surface area contributed by atoms with Gasteiger partial charge in [-0.05, 0) is 18.2 Å². The maximum Gasteiger partial charge on any atom is 0.338 e. The minimum atomic E-state index is -0.951. The van der Waals surface area contributed by atoms with Crippen LogP contribution in [-0.4, -0.2) is 16.1 Å². The number of hydrogen-bond donors (Lipinski definition) is 2. The molecule has 3 rings (SSSR count). The fourth-order valence-corrected chi connectivity index (χ4v) is 2.41. The molecule has 0 aliphatic carbocycles. The number of para-hydroxylation sites is 1. The number of hydrogen-bond acceptors (Lipinski definition) is 1. The van der Waals surface area contributed by atoms with E-state index in [9.17, 15) is 9.90 Å². The third-order valence-electron chi connectivity index (χ3n) is 3.03. The Balaban J connectivity index is 2.34. The third kappa shape index (κ3) is 1.98. The first-order valence-electron chi connectivity index (χ1n) is 5.77. The summed E-state index contributed by atoms with van der Waals surface area (Å²) in [5.74, 6) is -0.951. The lowest BCUT2D eigenvalue weighted by molar-refractivity contribution is 0.0700. The van der Waals surface area contributed by atoms with Crippen LogP contribution < -0.4 is 0 Å². The Morgan fingerprint density at radius 1 is 1.11 bits per heavy atom. The smallest absolute Gasteiger partial charge is 0.338 e. The molecule has 3 aromatic rings. The molecular weight excluding hydrogens is 262 g/mol. The topological polar surface area (TPSA) is 53.1 Å². The number of aromatic carboxylic acids is 1. The molecule has 0 amide bonds. The van der Waals surface area contributed by atoms with Crippen LogP contribution in [0.5, 0.6) is 0 Å². The molecule has 0 unspecified atom stereocenters. The number of carboxylic acids is 1. The van der Waals surface area contributed by atoms with Crippen molar-refractivity contribution >= 4 is 28.5 Å². The molecule has 4 heteroatoms. The van der Waals surface area contributed by atoms with E-state index >= 15 is 0 Å². The second-order valence-corrected chi connectivity index (χ2v) is 4.67. The van der Waals surface area contributed by atoms with Gasteiger partial charge in [0.2, 0.25) is 0 Å².